The second-order valence-corrected chi connectivity index (χ2v) is 4.51. The number of ether oxygens (including phenoxy) is 2. The van der Waals surface area contributed by atoms with Crippen molar-refractivity contribution in [2.45, 2.75) is 31.7 Å². The second-order valence-electron chi connectivity index (χ2n) is 4.51. The van der Waals surface area contributed by atoms with E-state index in [1.807, 2.05) is 12.1 Å². The standard InChI is InChI=1S/C13H19NO2/c1-9-11(13(14)5-4-6-13)7-10(15-2)8-12(9)16-3/h7-8H,4-6,14H2,1-3H3. The van der Waals surface area contributed by atoms with Gasteiger partial charge in [0.05, 0.1) is 14.2 Å². The van der Waals surface area contributed by atoms with Gasteiger partial charge in [-0.05, 0) is 43.4 Å². The lowest BCUT2D eigenvalue weighted by Gasteiger charge is -2.40. The molecule has 0 radical (unpaired) electrons. The summed E-state index contributed by atoms with van der Waals surface area (Å²) in [6, 6.07) is 3.94. The fraction of sp³-hybridized carbons (Fsp3) is 0.538. The van der Waals surface area contributed by atoms with Gasteiger partial charge < -0.3 is 15.2 Å². The molecule has 0 heterocycles. The topological polar surface area (TPSA) is 44.5 Å². The Morgan fingerprint density at radius 1 is 1.19 bits per heavy atom. The zero-order chi connectivity index (χ0) is 11.8. The average molecular weight is 221 g/mol. The van der Waals surface area contributed by atoms with Crippen molar-refractivity contribution in [3.8, 4) is 11.5 Å². The Morgan fingerprint density at radius 3 is 2.31 bits per heavy atom. The van der Waals surface area contributed by atoms with Crippen LogP contribution >= 0.6 is 0 Å². The molecule has 0 saturated heterocycles. The molecule has 16 heavy (non-hydrogen) atoms. The summed E-state index contributed by atoms with van der Waals surface area (Å²) >= 11 is 0. The molecule has 1 fully saturated rings. The molecule has 0 atom stereocenters. The van der Waals surface area contributed by atoms with E-state index in [4.69, 9.17) is 15.2 Å². The molecule has 0 unspecified atom stereocenters. The Hall–Kier alpha value is -1.22. The van der Waals surface area contributed by atoms with E-state index in [0.717, 1.165) is 35.5 Å². The predicted octanol–water partition coefficient (Wildman–Crippen LogP) is 2.35. The lowest BCUT2D eigenvalue weighted by Crippen LogP contribution is -2.43. The summed E-state index contributed by atoms with van der Waals surface area (Å²) < 4.78 is 10.6. The monoisotopic (exact) mass is 221 g/mol. The highest BCUT2D eigenvalue weighted by atomic mass is 16.5. The molecule has 3 heteroatoms. The molecule has 1 aliphatic carbocycles. The Bertz CT molecular complexity index is 397. The van der Waals surface area contributed by atoms with Crippen molar-refractivity contribution in [3.63, 3.8) is 0 Å². The van der Waals surface area contributed by atoms with Crippen LogP contribution in [0.15, 0.2) is 12.1 Å². The van der Waals surface area contributed by atoms with Crippen LogP contribution in [0.2, 0.25) is 0 Å². The molecule has 0 bridgehead atoms. The van der Waals surface area contributed by atoms with Crippen LogP contribution in [-0.2, 0) is 5.54 Å². The minimum absolute atomic E-state index is 0.175. The Labute approximate surface area is 96.5 Å². The zero-order valence-electron chi connectivity index (χ0n) is 10.2. The summed E-state index contributed by atoms with van der Waals surface area (Å²) in [7, 11) is 3.34. The van der Waals surface area contributed by atoms with Crippen molar-refractivity contribution in [2.75, 3.05) is 14.2 Å². The molecular formula is C13H19NO2. The molecule has 2 N–H and O–H groups in total. The Morgan fingerprint density at radius 2 is 1.88 bits per heavy atom. The van der Waals surface area contributed by atoms with Crippen molar-refractivity contribution in [1.29, 1.82) is 0 Å². The summed E-state index contributed by atoms with van der Waals surface area (Å²) in [6.45, 7) is 2.06. The lowest BCUT2D eigenvalue weighted by molar-refractivity contribution is 0.250. The quantitative estimate of drug-likeness (QED) is 0.852. The summed E-state index contributed by atoms with van der Waals surface area (Å²) in [5.74, 6) is 1.67. The van der Waals surface area contributed by atoms with Crippen molar-refractivity contribution >= 4 is 0 Å². The van der Waals surface area contributed by atoms with Crippen molar-refractivity contribution in [2.24, 2.45) is 5.73 Å². The molecule has 1 aliphatic rings. The van der Waals surface area contributed by atoms with E-state index in [-0.39, 0.29) is 5.54 Å². The first-order valence-corrected chi connectivity index (χ1v) is 5.63. The van der Waals surface area contributed by atoms with Gasteiger partial charge in [0.25, 0.3) is 0 Å². The first-order chi connectivity index (χ1) is 7.60. The summed E-state index contributed by atoms with van der Waals surface area (Å²) in [4.78, 5) is 0. The lowest BCUT2D eigenvalue weighted by atomic mass is 9.71. The van der Waals surface area contributed by atoms with Crippen LogP contribution in [0.1, 0.15) is 30.4 Å². The molecule has 88 valence electrons. The van der Waals surface area contributed by atoms with Crippen LogP contribution in [-0.4, -0.2) is 14.2 Å². The van der Waals surface area contributed by atoms with Gasteiger partial charge in [0.1, 0.15) is 11.5 Å². The minimum Gasteiger partial charge on any atom is -0.497 e. The van der Waals surface area contributed by atoms with Gasteiger partial charge >= 0.3 is 0 Å². The first-order valence-electron chi connectivity index (χ1n) is 5.63. The molecule has 2 rings (SSSR count). The summed E-state index contributed by atoms with van der Waals surface area (Å²) in [5.41, 5.74) is 8.48. The Kier molecular flexibility index (Phi) is 2.80. The zero-order valence-corrected chi connectivity index (χ0v) is 10.2. The van der Waals surface area contributed by atoms with Gasteiger partial charge in [-0.15, -0.1) is 0 Å². The summed E-state index contributed by atoms with van der Waals surface area (Å²) in [5, 5.41) is 0. The van der Waals surface area contributed by atoms with Gasteiger partial charge in [0, 0.05) is 11.6 Å². The molecule has 0 aromatic heterocycles. The largest absolute Gasteiger partial charge is 0.497 e. The maximum atomic E-state index is 6.36. The molecule has 3 nitrogen and oxygen atoms in total. The van der Waals surface area contributed by atoms with E-state index in [9.17, 15) is 0 Å². The maximum Gasteiger partial charge on any atom is 0.125 e. The number of methoxy groups -OCH3 is 2. The molecular weight excluding hydrogens is 202 g/mol. The number of hydrogen-bond donors (Lipinski definition) is 1. The second kappa shape index (κ2) is 3.98. The SMILES string of the molecule is COc1cc(OC)c(C)c(C2(N)CCC2)c1. The van der Waals surface area contributed by atoms with Crippen molar-refractivity contribution in [3.05, 3.63) is 23.3 Å². The van der Waals surface area contributed by atoms with E-state index < -0.39 is 0 Å². The average Bonchev–Trinajstić information content (AvgIpc) is 2.26. The fourth-order valence-corrected chi connectivity index (χ4v) is 2.34. The molecule has 1 saturated carbocycles. The smallest absolute Gasteiger partial charge is 0.125 e. The third kappa shape index (κ3) is 1.65. The van der Waals surface area contributed by atoms with E-state index in [2.05, 4.69) is 6.92 Å². The molecule has 0 amide bonds. The third-order valence-electron chi connectivity index (χ3n) is 3.57. The van der Waals surface area contributed by atoms with Gasteiger partial charge in [0.15, 0.2) is 0 Å². The van der Waals surface area contributed by atoms with Gasteiger partial charge in [-0.1, -0.05) is 0 Å². The van der Waals surface area contributed by atoms with E-state index in [1.54, 1.807) is 14.2 Å². The van der Waals surface area contributed by atoms with E-state index >= 15 is 0 Å². The molecule has 1 aromatic carbocycles. The van der Waals surface area contributed by atoms with Crippen molar-refractivity contribution < 1.29 is 9.47 Å². The predicted molar refractivity (Wildman–Crippen MR) is 64.0 cm³/mol. The van der Waals surface area contributed by atoms with E-state index in [0.29, 0.717) is 0 Å². The highest BCUT2D eigenvalue weighted by molar-refractivity contribution is 5.49. The van der Waals surface area contributed by atoms with Gasteiger partial charge in [-0.2, -0.15) is 0 Å². The highest BCUT2D eigenvalue weighted by Crippen LogP contribution is 2.43. The number of nitrogens with two attached hydrogens (primary N) is 1. The minimum atomic E-state index is -0.175. The fourth-order valence-electron chi connectivity index (χ4n) is 2.34. The maximum absolute atomic E-state index is 6.36. The van der Waals surface area contributed by atoms with Crippen molar-refractivity contribution in [1.82, 2.24) is 0 Å². The summed E-state index contributed by atoms with van der Waals surface area (Å²) in [6.07, 6.45) is 3.30. The first kappa shape index (κ1) is 11.3. The molecule has 0 aliphatic heterocycles. The van der Waals surface area contributed by atoms with Crippen LogP contribution in [0.5, 0.6) is 11.5 Å². The van der Waals surface area contributed by atoms with Crippen LogP contribution in [0.3, 0.4) is 0 Å². The molecule has 1 aromatic rings. The van der Waals surface area contributed by atoms with Crippen LogP contribution < -0.4 is 15.2 Å². The van der Waals surface area contributed by atoms with E-state index in [1.165, 1.54) is 6.42 Å². The number of rotatable bonds is 3. The Balaban J connectivity index is 2.50. The van der Waals surface area contributed by atoms with Gasteiger partial charge in [0.2, 0.25) is 0 Å². The molecule has 0 spiro atoms. The normalized spacial score (nSPS) is 17.8. The van der Waals surface area contributed by atoms with Crippen LogP contribution in [0.4, 0.5) is 0 Å². The van der Waals surface area contributed by atoms with Crippen LogP contribution in [0.25, 0.3) is 0 Å². The van der Waals surface area contributed by atoms with Gasteiger partial charge in [-0.25, -0.2) is 0 Å². The number of benzene rings is 1. The van der Waals surface area contributed by atoms with Crippen LogP contribution in [0, 0.1) is 6.92 Å². The van der Waals surface area contributed by atoms with Gasteiger partial charge in [-0.3, -0.25) is 0 Å². The third-order valence-corrected chi connectivity index (χ3v) is 3.57. The number of hydrogen-bond acceptors (Lipinski definition) is 3. The highest BCUT2D eigenvalue weighted by Gasteiger charge is 2.36.